The highest BCUT2D eigenvalue weighted by Crippen LogP contribution is 2.28. The number of aromatic nitrogens is 1. The van der Waals surface area contributed by atoms with Crippen molar-refractivity contribution in [3.63, 3.8) is 0 Å². The predicted molar refractivity (Wildman–Crippen MR) is 95.0 cm³/mol. The molecule has 1 aromatic heterocycles. The van der Waals surface area contributed by atoms with Gasteiger partial charge < -0.3 is 9.73 Å². The highest BCUT2D eigenvalue weighted by atomic mass is 32.2. The lowest BCUT2D eigenvalue weighted by atomic mass is 10.1. The summed E-state index contributed by atoms with van der Waals surface area (Å²) in [6.45, 7) is 0. The van der Waals surface area contributed by atoms with Gasteiger partial charge in [0.15, 0.2) is 5.76 Å². The van der Waals surface area contributed by atoms with Crippen LogP contribution in [-0.2, 0) is 10.0 Å². The number of rotatable bonds is 5. The van der Waals surface area contributed by atoms with E-state index >= 15 is 0 Å². The first kappa shape index (κ1) is 19.2. The highest BCUT2D eigenvalue weighted by Gasteiger charge is 2.46. The van der Waals surface area contributed by atoms with Crippen molar-refractivity contribution in [1.29, 1.82) is 5.26 Å². The van der Waals surface area contributed by atoms with Crippen LogP contribution in [0.3, 0.4) is 0 Å². The van der Waals surface area contributed by atoms with Gasteiger partial charge in [0.1, 0.15) is 0 Å². The van der Waals surface area contributed by atoms with E-state index in [4.69, 9.17) is 9.68 Å². The number of halogens is 3. The van der Waals surface area contributed by atoms with Crippen molar-refractivity contribution in [2.75, 3.05) is 10.0 Å². The summed E-state index contributed by atoms with van der Waals surface area (Å²) < 4.78 is 66.8. The summed E-state index contributed by atoms with van der Waals surface area (Å²) in [5, 5.41) is 11.5. The third-order valence-electron chi connectivity index (χ3n) is 3.47. The molecule has 0 amide bonds. The molecule has 11 heteroatoms. The number of hydrogen-bond acceptors (Lipinski definition) is 6. The zero-order valence-electron chi connectivity index (χ0n) is 13.9. The van der Waals surface area contributed by atoms with Gasteiger partial charge in [0.2, 0.25) is 0 Å². The standard InChI is InChI=1S/C17H11F3N4O3S/c18-17(19,20)28(25,26)24-14-3-1-2-13(8-14)23-16-22-10-15(27-16)12-6-4-11(9-21)5-7-12/h1-8,10,24H,(H,22,23). The molecule has 0 aliphatic heterocycles. The van der Waals surface area contributed by atoms with E-state index < -0.39 is 15.5 Å². The summed E-state index contributed by atoms with van der Waals surface area (Å²) in [5.41, 5.74) is -4.28. The second-order valence-corrected chi connectivity index (χ2v) is 7.15. The van der Waals surface area contributed by atoms with E-state index in [1.165, 1.54) is 29.1 Å². The van der Waals surface area contributed by atoms with E-state index in [9.17, 15) is 21.6 Å². The maximum absolute atomic E-state index is 12.5. The maximum atomic E-state index is 12.5. The van der Waals surface area contributed by atoms with Crippen molar-refractivity contribution in [1.82, 2.24) is 4.98 Å². The Labute approximate surface area is 157 Å². The molecule has 0 atom stereocenters. The van der Waals surface area contributed by atoms with Gasteiger partial charge in [-0.3, -0.25) is 4.72 Å². The lowest BCUT2D eigenvalue weighted by Gasteiger charge is -2.11. The lowest BCUT2D eigenvalue weighted by molar-refractivity contribution is -0.0429. The highest BCUT2D eigenvalue weighted by molar-refractivity contribution is 7.93. The molecule has 28 heavy (non-hydrogen) atoms. The number of sulfonamides is 1. The molecular formula is C17H11F3N4O3S. The zero-order valence-corrected chi connectivity index (χ0v) is 14.7. The predicted octanol–water partition coefficient (Wildman–Crippen LogP) is 4.22. The van der Waals surface area contributed by atoms with Gasteiger partial charge in [0, 0.05) is 11.3 Å². The Bertz CT molecular complexity index is 1130. The molecule has 2 N–H and O–H groups in total. The first-order chi connectivity index (χ1) is 13.2. The monoisotopic (exact) mass is 408 g/mol. The van der Waals surface area contributed by atoms with Crippen LogP contribution in [0.4, 0.5) is 30.6 Å². The minimum Gasteiger partial charge on any atom is -0.423 e. The molecule has 0 radical (unpaired) electrons. The smallest absolute Gasteiger partial charge is 0.423 e. The number of benzene rings is 2. The van der Waals surface area contributed by atoms with Crippen molar-refractivity contribution in [2.24, 2.45) is 0 Å². The number of nitrogens with zero attached hydrogens (tertiary/aromatic N) is 2. The number of nitrogens with one attached hydrogen (secondary N) is 2. The second kappa shape index (κ2) is 7.24. The van der Waals surface area contributed by atoms with Gasteiger partial charge in [0.05, 0.1) is 23.5 Å². The molecule has 0 unspecified atom stereocenters. The first-order valence-corrected chi connectivity index (χ1v) is 9.09. The number of oxazole rings is 1. The van der Waals surface area contributed by atoms with Crippen molar-refractivity contribution in [3.8, 4) is 17.4 Å². The molecule has 0 fully saturated rings. The van der Waals surface area contributed by atoms with E-state index in [0.717, 1.165) is 6.07 Å². The topological polar surface area (TPSA) is 108 Å². The third-order valence-corrected chi connectivity index (χ3v) is 4.59. The summed E-state index contributed by atoms with van der Waals surface area (Å²) in [5.74, 6) is 0.404. The summed E-state index contributed by atoms with van der Waals surface area (Å²) >= 11 is 0. The molecular weight excluding hydrogens is 397 g/mol. The fourth-order valence-corrected chi connectivity index (χ4v) is 2.72. The van der Waals surface area contributed by atoms with Gasteiger partial charge in [-0.1, -0.05) is 6.07 Å². The molecule has 0 spiro atoms. The van der Waals surface area contributed by atoms with Crippen LogP contribution in [0.15, 0.2) is 59.1 Å². The van der Waals surface area contributed by atoms with E-state index in [2.05, 4.69) is 10.3 Å². The molecule has 0 bridgehead atoms. The van der Waals surface area contributed by atoms with Gasteiger partial charge in [-0.05, 0) is 42.5 Å². The van der Waals surface area contributed by atoms with Gasteiger partial charge in [-0.15, -0.1) is 0 Å². The van der Waals surface area contributed by atoms with E-state index in [1.54, 1.807) is 24.3 Å². The van der Waals surface area contributed by atoms with Crippen LogP contribution in [0.5, 0.6) is 0 Å². The molecule has 0 saturated carbocycles. The molecule has 3 rings (SSSR count). The fourth-order valence-electron chi connectivity index (χ4n) is 2.17. The lowest BCUT2D eigenvalue weighted by Crippen LogP contribution is -2.29. The van der Waals surface area contributed by atoms with Gasteiger partial charge >= 0.3 is 15.5 Å². The Morgan fingerprint density at radius 1 is 1.07 bits per heavy atom. The van der Waals surface area contributed by atoms with E-state index in [0.29, 0.717) is 16.9 Å². The molecule has 0 saturated heterocycles. The summed E-state index contributed by atoms with van der Waals surface area (Å²) in [4.78, 5) is 4.01. The van der Waals surface area contributed by atoms with Crippen LogP contribution < -0.4 is 10.0 Å². The Morgan fingerprint density at radius 3 is 2.39 bits per heavy atom. The van der Waals surface area contributed by atoms with Crippen molar-refractivity contribution in [3.05, 3.63) is 60.3 Å². The van der Waals surface area contributed by atoms with Gasteiger partial charge in [0.25, 0.3) is 6.01 Å². The van der Waals surface area contributed by atoms with Crippen LogP contribution in [0.25, 0.3) is 11.3 Å². The largest absolute Gasteiger partial charge is 0.516 e. The quantitative estimate of drug-likeness (QED) is 0.655. The molecule has 2 aromatic carbocycles. The zero-order chi connectivity index (χ0) is 20.4. The normalized spacial score (nSPS) is 11.6. The van der Waals surface area contributed by atoms with Crippen LogP contribution >= 0.6 is 0 Å². The third kappa shape index (κ3) is 4.24. The molecule has 3 aromatic rings. The number of anilines is 3. The van der Waals surface area contributed by atoms with Crippen LogP contribution in [0.1, 0.15) is 5.56 Å². The Balaban J connectivity index is 1.76. The minimum atomic E-state index is -5.52. The minimum absolute atomic E-state index is 0.0511. The van der Waals surface area contributed by atoms with Crippen molar-refractivity contribution >= 4 is 27.4 Å². The van der Waals surface area contributed by atoms with Crippen LogP contribution in [0.2, 0.25) is 0 Å². The average Bonchev–Trinajstić information content (AvgIpc) is 3.09. The van der Waals surface area contributed by atoms with Crippen molar-refractivity contribution in [2.45, 2.75) is 5.51 Å². The molecule has 0 aliphatic rings. The Morgan fingerprint density at radius 2 is 1.75 bits per heavy atom. The molecule has 0 aliphatic carbocycles. The van der Waals surface area contributed by atoms with E-state index in [-0.39, 0.29) is 17.4 Å². The SMILES string of the molecule is N#Cc1ccc(-c2cnc(Nc3cccc(NS(=O)(=O)C(F)(F)F)c3)o2)cc1. The fraction of sp³-hybridized carbons (Fsp3) is 0.0588. The van der Waals surface area contributed by atoms with Crippen LogP contribution in [0, 0.1) is 11.3 Å². The van der Waals surface area contributed by atoms with Crippen LogP contribution in [-0.4, -0.2) is 18.9 Å². The molecule has 144 valence electrons. The summed E-state index contributed by atoms with van der Waals surface area (Å²) in [6, 6.07) is 13.8. The second-order valence-electron chi connectivity index (χ2n) is 5.48. The molecule has 7 nitrogen and oxygen atoms in total. The number of nitriles is 1. The van der Waals surface area contributed by atoms with Crippen molar-refractivity contribution < 1.29 is 26.0 Å². The average molecular weight is 408 g/mol. The number of hydrogen-bond donors (Lipinski definition) is 2. The first-order valence-electron chi connectivity index (χ1n) is 7.60. The van der Waals surface area contributed by atoms with Gasteiger partial charge in [-0.2, -0.15) is 26.9 Å². The number of alkyl halides is 3. The Kier molecular flexibility index (Phi) is 4.98. The maximum Gasteiger partial charge on any atom is 0.516 e. The summed E-state index contributed by atoms with van der Waals surface area (Å²) in [7, 11) is -5.52. The van der Waals surface area contributed by atoms with Gasteiger partial charge in [-0.25, -0.2) is 4.98 Å². The van der Waals surface area contributed by atoms with E-state index in [1.807, 2.05) is 6.07 Å². The Hall–Kier alpha value is -3.52. The molecule has 1 heterocycles. The summed E-state index contributed by atoms with van der Waals surface area (Å²) in [6.07, 6.45) is 1.43.